The summed E-state index contributed by atoms with van der Waals surface area (Å²) in [6.07, 6.45) is 2.30. The lowest BCUT2D eigenvalue weighted by Gasteiger charge is -2.14. The van der Waals surface area contributed by atoms with Gasteiger partial charge in [-0.25, -0.2) is 9.97 Å². The van der Waals surface area contributed by atoms with Gasteiger partial charge in [0.15, 0.2) is 10.8 Å². The van der Waals surface area contributed by atoms with E-state index in [1.165, 1.54) is 22.7 Å². The first-order valence-electron chi connectivity index (χ1n) is 11.4. The van der Waals surface area contributed by atoms with E-state index >= 15 is 0 Å². The number of amides is 2. The number of aliphatic hydroxyl groups excluding tert-OH is 1. The second-order valence-electron chi connectivity index (χ2n) is 8.23. The Morgan fingerprint density at radius 1 is 1.19 bits per heavy atom. The third kappa shape index (κ3) is 4.55. The first-order valence-corrected chi connectivity index (χ1v) is 13.1. The molecule has 11 heteroatoms. The summed E-state index contributed by atoms with van der Waals surface area (Å²) in [7, 11) is 0. The molecule has 9 nitrogen and oxygen atoms in total. The second-order valence-corrected chi connectivity index (χ2v) is 10.1. The maximum atomic E-state index is 13.3. The first-order chi connectivity index (χ1) is 17.5. The van der Waals surface area contributed by atoms with E-state index in [0.29, 0.717) is 40.7 Å². The van der Waals surface area contributed by atoms with Gasteiger partial charge in [-0.1, -0.05) is 24.3 Å². The number of rotatable bonds is 8. The van der Waals surface area contributed by atoms with Crippen molar-refractivity contribution in [2.45, 2.75) is 25.9 Å². The Balaban J connectivity index is 1.48. The Labute approximate surface area is 214 Å². The van der Waals surface area contributed by atoms with Crippen molar-refractivity contribution < 1.29 is 14.7 Å². The summed E-state index contributed by atoms with van der Waals surface area (Å²) in [5.41, 5.74) is 9.86. The van der Waals surface area contributed by atoms with Crippen LogP contribution in [-0.4, -0.2) is 43.9 Å². The molecule has 0 radical (unpaired) electrons. The van der Waals surface area contributed by atoms with Gasteiger partial charge in [-0.3, -0.25) is 14.0 Å². The number of aliphatic hydroxyl groups is 1. The molecule has 0 aliphatic carbocycles. The molecule has 184 valence electrons. The normalized spacial score (nSPS) is 12.2. The highest BCUT2D eigenvalue weighted by atomic mass is 32.1. The van der Waals surface area contributed by atoms with Gasteiger partial charge in [0, 0.05) is 23.7 Å². The van der Waals surface area contributed by atoms with E-state index < -0.39 is 0 Å². The van der Waals surface area contributed by atoms with E-state index in [9.17, 15) is 14.7 Å². The molecule has 5 aromatic rings. The molecule has 0 aliphatic heterocycles. The molecular formula is C25H24N6O3S2. The van der Waals surface area contributed by atoms with Crippen molar-refractivity contribution in [2.75, 3.05) is 12.3 Å². The molecule has 1 aromatic carbocycles. The molecular weight excluding hydrogens is 496 g/mol. The van der Waals surface area contributed by atoms with Crippen molar-refractivity contribution in [1.82, 2.24) is 25.0 Å². The molecule has 0 saturated heterocycles. The number of carbonyl (C=O) groups is 2. The van der Waals surface area contributed by atoms with Gasteiger partial charge in [0.25, 0.3) is 11.8 Å². The molecule has 0 fully saturated rings. The van der Waals surface area contributed by atoms with E-state index in [0.717, 1.165) is 21.3 Å². The van der Waals surface area contributed by atoms with Crippen LogP contribution >= 0.6 is 22.7 Å². The molecule has 0 spiro atoms. The second kappa shape index (κ2) is 10.1. The molecule has 5 N–H and O–H groups in total. The number of aromatic nitrogens is 3. The summed E-state index contributed by atoms with van der Waals surface area (Å²) in [5, 5.41) is 19.7. The highest BCUT2D eigenvalue weighted by Gasteiger charge is 2.25. The van der Waals surface area contributed by atoms with Crippen LogP contribution in [0.15, 0.2) is 53.4 Å². The topological polar surface area (TPSA) is 135 Å². The molecule has 0 aliphatic rings. The zero-order valence-electron chi connectivity index (χ0n) is 19.4. The summed E-state index contributed by atoms with van der Waals surface area (Å²) in [6, 6.07) is 10.7. The summed E-state index contributed by atoms with van der Waals surface area (Å²) in [5.74, 6) is -0.667. The number of nitrogens with one attached hydrogen (secondary N) is 2. The first kappa shape index (κ1) is 23.9. The number of nitrogens with two attached hydrogens (primary N) is 1. The molecule has 0 saturated carbocycles. The van der Waals surface area contributed by atoms with E-state index in [2.05, 4.69) is 15.6 Å². The minimum absolute atomic E-state index is 0.166. The smallest absolute Gasteiger partial charge is 0.270 e. The van der Waals surface area contributed by atoms with Crippen molar-refractivity contribution in [3.05, 3.63) is 70.2 Å². The number of pyridine rings is 1. The molecule has 1 atom stereocenters. The van der Waals surface area contributed by atoms with Crippen LogP contribution in [0.3, 0.4) is 0 Å². The maximum absolute atomic E-state index is 13.3. The van der Waals surface area contributed by atoms with Crippen molar-refractivity contribution in [2.24, 2.45) is 0 Å². The lowest BCUT2D eigenvalue weighted by molar-refractivity contribution is 0.0907. The number of thiazole rings is 1. The number of carbonyl (C=O) groups excluding carboxylic acids is 2. The highest BCUT2D eigenvalue weighted by Crippen LogP contribution is 2.28. The van der Waals surface area contributed by atoms with Gasteiger partial charge in [0.2, 0.25) is 0 Å². The minimum atomic E-state index is -0.379. The Morgan fingerprint density at radius 2 is 2.06 bits per heavy atom. The third-order valence-electron chi connectivity index (χ3n) is 5.88. The Bertz CT molecular complexity index is 1550. The number of anilines is 1. The van der Waals surface area contributed by atoms with Crippen molar-refractivity contribution in [3.8, 4) is 11.3 Å². The zero-order valence-corrected chi connectivity index (χ0v) is 21.0. The van der Waals surface area contributed by atoms with E-state index in [1.54, 1.807) is 22.7 Å². The Kier molecular flexibility index (Phi) is 6.68. The van der Waals surface area contributed by atoms with Gasteiger partial charge >= 0.3 is 0 Å². The Morgan fingerprint density at radius 3 is 2.81 bits per heavy atom. The fourth-order valence-electron chi connectivity index (χ4n) is 3.97. The zero-order chi connectivity index (χ0) is 25.2. The molecule has 4 aromatic heterocycles. The minimum Gasteiger partial charge on any atom is -0.394 e. The van der Waals surface area contributed by atoms with Crippen LogP contribution in [0, 0.1) is 0 Å². The van der Waals surface area contributed by atoms with Crippen molar-refractivity contribution in [1.29, 1.82) is 0 Å². The van der Waals surface area contributed by atoms with Gasteiger partial charge in [0.1, 0.15) is 11.4 Å². The number of benzene rings is 1. The quantitative estimate of drug-likeness (QED) is 0.247. The molecule has 0 bridgehead atoms. The van der Waals surface area contributed by atoms with Crippen LogP contribution < -0.4 is 16.4 Å². The predicted molar refractivity (Wildman–Crippen MR) is 142 cm³/mol. The molecule has 36 heavy (non-hydrogen) atoms. The van der Waals surface area contributed by atoms with Crippen LogP contribution in [0.2, 0.25) is 0 Å². The number of hydrogen-bond donors (Lipinski definition) is 4. The number of hydrogen-bond acceptors (Lipinski definition) is 8. The van der Waals surface area contributed by atoms with Crippen LogP contribution in [0.1, 0.15) is 39.8 Å². The summed E-state index contributed by atoms with van der Waals surface area (Å²) in [6.45, 7) is 2.04. The van der Waals surface area contributed by atoms with Gasteiger partial charge in [-0.2, -0.15) is 11.3 Å². The third-order valence-corrected chi connectivity index (χ3v) is 7.41. The molecule has 0 unspecified atom stereocenters. The highest BCUT2D eigenvalue weighted by molar-refractivity contribution is 7.22. The van der Waals surface area contributed by atoms with Gasteiger partial charge < -0.3 is 21.5 Å². The van der Waals surface area contributed by atoms with Crippen LogP contribution in [-0.2, 0) is 6.54 Å². The van der Waals surface area contributed by atoms with Crippen LogP contribution in [0.25, 0.3) is 27.1 Å². The molecule has 5 rings (SSSR count). The van der Waals surface area contributed by atoms with Crippen LogP contribution in [0.5, 0.6) is 0 Å². The summed E-state index contributed by atoms with van der Waals surface area (Å²) >= 11 is 2.89. The average molecular weight is 521 g/mol. The lowest BCUT2D eigenvalue weighted by atomic mass is 10.1. The number of nitrogens with zero attached hydrogens (tertiary/aromatic N) is 3. The summed E-state index contributed by atoms with van der Waals surface area (Å²) < 4.78 is 2.59. The fourth-order valence-corrected chi connectivity index (χ4v) is 5.41. The van der Waals surface area contributed by atoms with Gasteiger partial charge in [0.05, 0.1) is 28.4 Å². The standard InChI is InChI=1S/C25H24N6O3S2/c1-2-16(12-32)28-24(34)21-20(15-7-9-35-13-15)30-22-17(4-3-8-31(21)22)23(33)27-11-14-5-6-18-19(10-14)36-25(26)29-18/h3-10,13,16,32H,2,11-12H2,1H3,(H2,26,29)(H,27,33)(H,28,34)/t16-/m0/s1. The largest absolute Gasteiger partial charge is 0.394 e. The average Bonchev–Trinajstić information content (AvgIpc) is 3.62. The van der Waals surface area contributed by atoms with Crippen LogP contribution in [0.4, 0.5) is 5.13 Å². The predicted octanol–water partition coefficient (Wildman–Crippen LogP) is 3.69. The van der Waals surface area contributed by atoms with Gasteiger partial charge in [-0.05, 0) is 47.7 Å². The number of fused-ring (bicyclic) bond motifs is 2. The van der Waals surface area contributed by atoms with E-state index in [1.807, 2.05) is 41.9 Å². The fraction of sp³-hybridized carbons (Fsp3) is 0.200. The number of imidazole rings is 1. The number of nitrogen functional groups attached to an aromatic ring is 1. The van der Waals surface area contributed by atoms with E-state index in [-0.39, 0.29) is 24.5 Å². The van der Waals surface area contributed by atoms with Crippen molar-refractivity contribution in [3.63, 3.8) is 0 Å². The SMILES string of the molecule is CC[C@@H](CO)NC(=O)c1c(-c2ccsc2)nc2c(C(=O)NCc3ccc4nc(N)sc4c3)cccn12. The molecule has 2 amide bonds. The monoisotopic (exact) mass is 520 g/mol. The lowest BCUT2D eigenvalue weighted by Crippen LogP contribution is -2.37. The Hall–Kier alpha value is -3.80. The van der Waals surface area contributed by atoms with Crippen molar-refractivity contribution >= 4 is 55.5 Å². The molecule has 4 heterocycles. The summed E-state index contributed by atoms with van der Waals surface area (Å²) in [4.78, 5) is 35.5. The van der Waals surface area contributed by atoms with Gasteiger partial charge in [-0.15, -0.1) is 0 Å². The maximum Gasteiger partial charge on any atom is 0.270 e. The van der Waals surface area contributed by atoms with E-state index in [4.69, 9.17) is 10.7 Å². The number of thiophene rings is 1.